The number of benzene rings is 1. The van der Waals surface area contributed by atoms with Crippen LogP contribution in [0, 0.1) is 0 Å². The summed E-state index contributed by atoms with van der Waals surface area (Å²) in [7, 11) is 1.75. The summed E-state index contributed by atoms with van der Waals surface area (Å²) < 4.78 is 1.81. The minimum atomic E-state index is -0.339. The van der Waals surface area contributed by atoms with Gasteiger partial charge in [-0.15, -0.1) is 0 Å². The van der Waals surface area contributed by atoms with Crippen LogP contribution in [0.4, 0.5) is 5.69 Å². The number of carbonyl (C=O) groups is 1. The van der Waals surface area contributed by atoms with Gasteiger partial charge >= 0.3 is 0 Å². The second kappa shape index (κ2) is 4.12. The fourth-order valence-corrected chi connectivity index (χ4v) is 2.43. The van der Waals surface area contributed by atoms with E-state index < -0.39 is 0 Å². The third kappa shape index (κ3) is 1.60. The van der Waals surface area contributed by atoms with Crippen LogP contribution in [0.3, 0.4) is 0 Å². The summed E-state index contributed by atoms with van der Waals surface area (Å²) in [5.74, 6) is -0.0636. The Hall–Kier alpha value is -1.85. The molecule has 2 N–H and O–H groups in total. The van der Waals surface area contributed by atoms with Crippen LogP contribution in [-0.2, 0) is 4.79 Å². The van der Waals surface area contributed by atoms with Crippen LogP contribution < -0.4 is 10.6 Å². The molecule has 2 aromatic rings. The highest BCUT2D eigenvalue weighted by molar-refractivity contribution is 6.32. The molecule has 3 rings (SSSR count). The first-order valence-electron chi connectivity index (χ1n) is 5.50. The van der Waals surface area contributed by atoms with Crippen molar-refractivity contribution in [3.8, 4) is 5.69 Å². The lowest BCUT2D eigenvalue weighted by Crippen LogP contribution is -2.23. The molecule has 1 atom stereocenters. The van der Waals surface area contributed by atoms with E-state index in [4.69, 9.17) is 11.6 Å². The number of carbonyl (C=O) groups excluding carboxylic acids is 1. The summed E-state index contributed by atoms with van der Waals surface area (Å²) in [5, 5.41) is 6.38. The smallest absolute Gasteiger partial charge is 0.246 e. The van der Waals surface area contributed by atoms with Crippen molar-refractivity contribution in [1.82, 2.24) is 14.9 Å². The van der Waals surface area contributed by atoms with Gasteiger partial charge < -0.3 is 15.2 Å². The summed E-state index contributed by atoms with van der Waals surface area (Å²) in [5.41, 5.74) is 2.45. The first kappa shape index (κ1) is 11.3. The fourth-order valence-electron chi connectivity index (χ4n) is 2.16. The Morgan fingerprint density at radius 2 is 2.33 bits per heavy atom. The lowest BCUT2D eigenvalue weighted by atomic mass is 10.1. The molecular weight excluding hydrogens is 252 g/mol. The van der Waals surface area contributed by atoms with Gasteiger partial charge in [-0.2, -0.15) is 0 Å². The number of fused-ring (bicyclic) bond motifs is 1. The molecule has 1 unspecified atom stereocenters. The zero-order chi connectivity index (χ0) is 12.7. The highest BCUT2D eigenvalue weighted by Crippen LogP contribution is 2.36. The van der Waals surface area contributed by atoms with Crippen molar-refractivity contribution in [1.29, 1.82) is 0 Å². The highest BCUT2D eigenvalue weighted by Gasteiger charge is 2.30. The van der Waals surface area contributed by atoms with Crippen LogP contribution >= 0.6 is 11.6 Å². The number of nitrogens with one attached hydrogen (secondary N) is 2. The van der Waals surface area contributed by atoms with Crippen LogP contribution in [0.25, 0.3) is 5.69 Å². The molecule has 1 amide bonds. The van der Waals surface area contributed by atoms with Crippen LogP contribution in [0.1, 0.15) is 11.6 Å². The van der Waals surface area contributed by atoms with Crippen molar-refractivity contribution in [2.75, 3.05) is 12.4 Å². The van der Waals surface area contributed by atoms with Gasteiger partial charge in [0.25, 0.3) is 0 Å². The third-order valence-corrected chi connectivity index (χ3v) is 3.32. The Morgan fingerprint density at radius 3 is 3.00 bits per heavy atom. The van der Waals surface area contributed by atoms with Gasteiger partial charge in [0, 0.05) is 23.6 Å². The van der Waals surface area contributed by atoms with Crippen molar-refractivity contribution in [3.63, 3.8) is 0 Å². The number of hydrogen-bond donors (Lipinski definition) is 2. The van der Waals surface area contributed by atoms with Gasteiger partial charge in [0.1, 0.15) is 6.04 Å². The number of halogens is 1. The van der Waals surface area contributed by atoms with E-state index >= 15 is 0 Å². The molecule has 0 bridgehead atoms. The molecule has 6 heteroatoms. The van der Waals surface area contributed by atoms with Gasteiger partial charge in [-0.3, -0.25) is 4.79 Å². The van der Waals surface area contributed by atoms with E-state index in [1.54, 1.807) is 25.8 Å². The largest absolute Gasteiger partial charge is 0.324 e. The first-order chi connectivity index (χ1) is 8.70. The maximum atomic E-state index is 11.7. The Balaban J connectivity index is 2.13. The standard InChI is InChI=1S/C12H11ClN4O/c1-14-11-7-4-8(13)10(17-3-2-15-6-17)5-9(7)16-12(11)18/h2-6,11,14H,1H3,(H,16,18). The van der Waals surface area contributed by atoms with Gasteiger partial charge in [0.05, 0.1) is 17.0 Å². The maximum Gasteiger partial charge on any atom is 0.246 e. The zero-order valence-corrected chi connectivity index (χ0v) is 10.4. The Labute approximate surface area is 109 Å². The average molecular weight is 263 g/mol. The minimum absolute atomic E-state index is 0.0636. The third-order valence-electron chi connectivity index (χ3n) is 3.02. The number of amides is 1. The molecule has 0 saturated carbocycles. The van der Waals surface area contributed by atoms with Gasteiger partial charge in [-0.25, -0.2) is 4.98 Å². The van der Waals surface area contributed by atoms with Gasteiger partial charge in [-0.1, -0.05) is 11.6 Å². The molecule has 92 valence electrons. The van der Waals surface area contributed by atoms with Crippen molar-refractivity contribution in [3.05, 3.63) is 41.4 Å². The average Bonchev–Trinajstić information content (AvgIpc) is 2.94. The molecule has 0 saturated heterocycles. The molecule has 5 nitrogen and oxygen atoms in total. The molecule has 2 heterocycles. The summed E-state index contributed by atoms with van der Waals surface area (Å²) in [6.07, 6.45) is 5.15. The van der Waals surface area contributed by atoms with E-state index in [0.717, 1.165) is 16.9 Å². The van der Waals surface area contributed by atoms with E-state index in [2.05, 4.69) is 15.6 Å². The monoisotopic (exact) mass is 262 g/mol. The molecule has 0 fully saturated rings. The molecule has 1 aliphatic rings. The number of aromatic nitrogens is 2. The summed E-state index contributed by atoms with van der Waals surface area (Å²) >= 11 is 6.25. The zero-order valence-electron chi connectivity index (χ0n) is 9.64. The molecule has 18 heavy (non-hydrogen) atoms. The maximum absolute atomic E-state index is 11.7. The summed E-state index contributed by atoms with van der Waals surface area (Å²) in [4.78, 5) is 15.7. The van der Waals surface area contributed by atoms with Crippen molar-refractivity contribution in [2.45, 2.75) is 6.04 Å². The van der Waals surface area contributed by atoms with E-state index in [1.807, 2.05) is 16.7 Å². The molecule has 0 radical (unpaired) electrons. The summed E-state index contributed by atoms with van der Waals surface area (Å²) in [6, 6.07) is 3.33. The first-order valence-corrected chi connectivity index (χ1v) is 5.88. The second-order valence-electron chi connectivity index (χ2n) is 4.07. The highest BCUT2D eigenvalue weighted by atomic mass is 35.5. The Morgan fingerprint density at radius 1 is 1.50 bits per heavy atom. The Kier molecular flexibility index (Phi) is 2.57. The SMILES string of the molecule is CNC1C(=O)Nc2cc(-n3ccnc3)c(Cl)cc21. The van der Waals surface area contributed by atoms with Crippen LogP contribution in [0.2, 0.25) is 5.02 Å². The predicted octanol–water partition coefficient (Wildman–Crippen LogP) is 1.74. The molecule has 1 aromatic heterocycles. The van der Waals surface area contributed by atoms with Gasteiger partial charge in [-0.05, 0) is 19.2 Å². The number of anilines is 1. The second-order valence-corrected chi connectivity index (χ2v) is 4.48. The topological polar surface area (TPSA) is 59.0 Å². The molecule has 0 spiro atoms. The lowest BCUT2D eigenvalue weighted by molar-refractivity contribution is -0.117. The van der Waals surface area contributed by atoms with Gasteiger partial charge in [0.15, 0.2) is 0 Å². The van der Waals surface area contributed by atoms with Crippen LogP contribution in [-0.4, -0.2) is 22.5 Å². The van der Waals surface area contributed by atoms with Crippen molar-refractivity contribution >= 4 is 23.2 Å². The minimum Gasteiger partial charge on any atom is -0.324 e. The number of hydrogen-bond acceptors (Lipinski definition) is 3. The number of likely N-dealkylation sites (N-methyl/N-ethyl adjacent to an activating group) is 1. The van der Waals surface area contributed by atoms with Crippen LogP contribution in [0.5, 0.6) is 0 Å². The Bertz CT molecular complexity index is 609. The van der Waals surface area contributed by atoms with Crippen molar-refractivity contribution in [2.24, 2.45) is 0 Å². The number of nitrogens with zero attached hydrogens (tertiary/aromatic N) is 2. The quantitative estimate of drug-likeness (QED) is 0.867. The molecule has 1 aromatic carbocycles. The van der Waals surface area contributed by atoms with E-state index in [9.17, 15) is 4.79 Å². The molecular formula is C12H11ClN4O. The van der Waals surface area contributed by atoms with Crippen molar-refractivity contribution < 1.29 is 4.79 Å². The molecule has 0 aliphatic carbocycles. The number of rotatable bonds is 2. The number of imidazole rings is 1. The lowest BCUT2D eigenvalue weighted by Gasteiger charge is -2.10. The van der Waals surface area contributed by atoms with Gasteiger partial charge in [0.2, 0.25) is 5.91 Å². The predicted molar refractivity (Wildman–Crippen MR) is 69.0 cm³/mol. The van der Waals surface area contributed by atoms with E-state index in [1.165, 1.54) is 0 Å². The summed E-state index contributed by atoms with van der Waals surface area (Å²) in [6.45, 7) is 0. The van der Waals surface area contributed by atoms with Crippen LogP contribution in [0.15, 0.2) is 30.9 Å². The van der Waals surface area contributed by atoms with E-state index in [0.29, 0.717) is 5.02 Å². The fraction of sp³-hybridized carbons (Fsp3) is 0.167. The van der Waals surface area contributed by atoms with E-state index in [-0.39, 0.29) is 11.9 Å². The normalized spacial score (nSPS) is 17.7. The molecule has 1 aliphatic heterocycles.